The molecule has 0 heterocycles. The summed E-state index contributed by atoms with van der Waals surface area (Å²) in [4.78, 5) is 0.300. The molecule has 8 heteroatoms. The van der Waals surface area contributed by atoms with Gasteiger partial charge in [0.25, 0.3) is 18.1 Å². The molecule has 3 aromatic rings. The molecule has 126 valence electrons. The number of rotatable bonds is 2. The largest absolute Gasteiger partial charge is 0.261 e. The summed E-state index contributed by atoms with van der Waals surface area (Å²) < 4.78 is 43.6. The van der Waals surface area contributed by atoms with Gasteiger partial charge in [0.05, 0.1) is 9.79 Å². The van der Waals surface area contributed by atoms with Gasteiger partial charge in [0, 0.05) is 26.8 Å². The van der Waals surface area contributed by atoms with Crippen LogP contribution >= 0.6 is 21.4 Å². The smallest absolute Gasteiger partial charge is 0.207 e. The zero-order valence-corrected chi connectivity index (χ0v) is 15.3. The third-order valence-corrected chi connectivity index (χ3v) is 5.79. The number of hydrogen-bond acceptors (Lipinski definition) is 4. The standard InChI is InChI=1S/C10H7ClO2S.C6H5ClO2S/c11-14(12,13)10-7-3-5-8-4-1-2-6-9(8)10;7-10(8,9)6-4-2-1-3-5-6/h1-7H;1-5H. The molecule has 0 saturated heterocycles. The molecule has 0 aromatic heterocycles. The lowest BCUT2D eigenvalue weighted by atomic mass is 10.1. The van der Waals surface area contributed by atoms with Crippen molar-refractivity contribution in [1.82, 2.24) is 0 Å². The first-order valence-electron chi connectivity index (χ1n) is 6.62. The van der Waals surface area contributed by atoms with E-state index in [1.165, 1.54) is 18.2 Å². The van der Waals surface area contributed by atoms with E-state index in [4.69, 9.17) is 21.4 Å². The van der Waals surface area contributed by atoms with Crippen molar-refractivity contribution in [1.29, 1.82) is 0 Å². The van der Waals surface area contributed by atoms with Gasteiger partial charge in [-0.25, -0.2) is 16.8 Å². The van der Waals surface area contributed by atoms with Gasteiger partial charge >= 0.3 is 0 Å². The van der Waals surface area contributed by atoms with Crippen molar-refractivity contribution in [3.63, 3.8) is 0 Å². The molecule has 0 spiro atoms. The van der Waals surface area contributed by atoms with E-state index >= 15 is 0 Å². The van der Waals surface area contributed by atoms with E-state index in [-0.39, 0.29) is 9.79 Å². The minimum Gasteiger partial charge on any atom is -0.207 e. The van der Waals surface area contributed by atoms with Crippen LogP contribution in [0.2, 0.25) is 0 Å². The summed E-state index contributed by atoms with van der Waals surface area (Å²) in [6.45, 7) is 0. The third kappa shape index (κ3) is 4.95. The highest BCUT2D eigenvalue weighted by Crippen LogP contribution is 2.25. The summed E-state index contributed by atoms with van der Waals surface area (Å²) in [5.74, 6) is 0. The van der Waals surface area contributed by atoms with E-state index in [0.29, 0.717) is 5.39 Å². The Morgan fingerprint density at radius 2 is 1.12 bits per heavy atom. The zero-order chi connectivity index (χ0) is 17.8. The maximum absolute atomic E-state index is 11.2. The van der Waals surface area contributed by atoms with Gasteiger partial charge in [0.2, 0.25) is 0 Å². The topological polar surface area (TPSA) is 68.3 Å². The second-order valence-electron chi connectivity index (χ2n) is 4.67. The number of fused-ring (bicyclic) bond motifs is 1. The molecule has 0 radical (unpaired) electrons. The fourth-order valence-electron chi connectivity index (χ4n) is 1.99. The van der Waals surface area contributed by atoms with E-state index in [2.05, 4.69) is 0 Å². The quantitative estimate of drug-likeness (QED) is 0.596. The van der Waals surface area contributed by atoms with Crippen LogP contribution in [0.3, 0.4) is 0 Å². The van der Waals surface area contributed by atoms with Crippen molar-refractivity contribution >= 4 is 50.2 Å². The van der Waals surface area contributed by atoms with Crippen LogP contribution in [-0.2, 0) is 18.1 Å². The molecule has 0 atom stereocenters. The molecule has 0 saturated carbocycles. The van der Waals surface area contributed by atoms with Crippen LogP contribution in [0.15, 0.2) is 82.6 Å². The lowest BCUT2D eigenvalue weighted by Gasteiger charge is -2.01. The van der Waals surface area contributed by atoms with Gasteiger partial charge in [0.15, 0.2) is 0 Å². The fraction of sp³-hybridized carbons (Fsp3) is 0. The van der Waals surface area contributed by atoms with Gasteiger partial charge < -0.3 is 0 Å². The van der Waals surface area contributed by atoms with Crippen molar-refractivity contribution in [2.24, 2.45) is 0 Å². The second-order valence-corrected chi connectivity index (χ2v) is 9.77. The Morgan fingerprint density at radius 3 is 1.67 bits per heavy atom. The Bertz CT molecular complexity index is 1040. The van der Waals surface area contributed by atoms with Gasteiger partial charge in [0.1, 0.15) is 0 Å². The van der Waals surface area contributed by atoms with Crippen molar-refractivity contribution in [3.8, 4) is 0 Å². The van der Waals surface area contributed by atoms with Crippen LogP contribution < -0.4 is 0 Å². The maximum atomic E-state index is 11.2. The summed E-state index contributed by atoms with van der Waals surface area (Å²) in [5.41, 5.74) is 0. The summed E-state index contributed by atoms with van der Waals surface area (Å²) in [5, 5.41) is 1.53. The van der Waals surface area contributed by atoms with Crippen molar-refractivity contribution in [3.05, 3.63) is 72.8 Å². The molecule has 3 aromatic carbocycles. The Labute approximate surface area is 149 Å². The highest BCUT2D eigenvalue weighted by molar-refractivity contribution is 8.14. The van der Waals surface area contributed by atoms with Crippen LogP contribution in [0, 0.1) is 0 Å². The van der Waals surface area contributed by atoms with E-state index in [1.807, 2.05) is 18.2 Å². The van der Waals surface area contributed by atoms with Crippen LogP contribution in [0.1, 0.15) is 0 Å². The molecule has 0 bridgehead atoms. The van der Waals surface area contributed by atoms with Crippen LogP contribution in [0.25, 0.3) is 10.8 Å². The molecule has 0 aliphatic rings. The highest BCUT2D eigenvalue weighted by Gasteiger charge is 2.12. The molecule has 24 heavy (non-hydrogen) atoms. The van der Waals surface area contributed by atoms with E-state index < -0.39 is 18.1 Å². The average Bonchev–Trinajstić information content (AvgIpc) is 2.54. The first-order chi connectivity index (χ1) is 11.2. The molecule has 0 amide bonds. The highest BCUT2D eigenvalue weighted by atomic mass is 35.7. The fourth-order valence-corrected chi connectivity index (χ4v) is 3.88. The third-order valence-electron chi connectivity index (χ3n) is 3.04. The predicted molar refractivity (Wildman–Crippen MR) is 96.5 cm³/mol. The lowest BCUT2D eigenvalue weighted by molar-refractivity contribution is 0.608. The average molecular weight is 403 g/mol. The van der Waals surface area contributed by atoms with Crippen LogP contribution in [-0.4, -0.2) is 16.8 Å². The molecule has 0 fully saturated rings. The predicted octanol–water partition coefficient (Wildman–Crippen LogP) is 4.38. The normalized spacial score (nSPS) is 11.6. The Balaban J connectivity index is 0.000000185. The summed E-state index contributed by atoms with van der Waals surface area (Å²) in [7, 11) is 3.15. The summed E-state index contributed by atoms with van der Waals surface area (Å²) >= 11 is 0. The van der Waals surface area contributed by atoms with Gasteiger partial charge in [-0.3, -0.25) is 0 Å². The molecule has 0 aliphatic carbocycles. The van der Waals surface area contributed by atoms with Gasteiger partial charge in [-0.1, -0.05) is 54.6 Å². The van der Waals surface area contributed by atoms with E-state index in [1.54, 1.807) is 36.4 Å². The number of hydrogen-bond donors (Lipinski definition) is 0. The molecule has 0 N–H and O–H groups in total. The minimum absolute atomic E-state index is 0.136. The zero-order valence-electron chi connectivity index (χ0n) is 12.1. The van der Waals surface area contributed by atoms with Gasteiger partial charge in [-0.2, -0.15) is 0 Å². The Morgan fingerprint density at radius 1 is 0.583 bits per heavy atom. The first-order valence-corrected chi connectivity index (χ1v) is 11.2. The molecular formula is C16H12Cl2O4S2. The number of halogens is 2. The van der Waals surface area contributed by atoms with Gasteiger partial charge in [-0.15, -0.1) is 0 Å². The van der Waals surface area contributed by atoms with Crippen molar-refractivity contribution in [2.75, 3.05) is 0 Å². The van der Waals surface area contributed by atoms with Gasteiger partial charge in [-0.05, 0) is 23.6 Å². The summed E-state index contributed by atoms with van der Waals surface area (Å²) in [6, 6.07) is 20.1. The van der Waals surface area contributed by atoms with Crippen LogP contribution in [0.4, 0.5) is 0 Å². The van der Waals surface area contributed by atoms with E-state index in [0.717, 1.165) is 5.39 Å². The maximum Gasteiger partial charge on any atom is 0.261 e. The van der Waals surface area contributed by atoms with Crippen LogP contribution in [0.5, 0.6) is 0 Å². The minimum atomic E-state index is -3.66. The second kappa shape index (κ2) is 7.53. The molecule has 0 aliphatic heterocycles. The SMILES string of the molecule is O=S(=O)(Cl)c1cccc2ccccc12.O=S(=O)(Cl)c1ccccc1. The number of benzene rings is 3. The lowest BCUT2D eigenvalue weighted by Crippen LogP contribution is -1.91. The monoisotopic (exact) mass is 402 g/mol. The molecule has 0 unspecified atom stereocenters. The molecular weight excluding hydrogens is 391 g/mol. The van der Waals surface area contributed by atoms with E-state index in [9.17, 15) is 16.8 Å². The summed E-state index contributed by atoms with van der Waals surface area (Å²) in [6.07, 6.45) is 0. The molecule has 3 rings (SSSR count). The molecule has 4 nitrogen and oxygen atoms in total. The Kier molecular flexibility index (Phi) is 5.87. The Hall–Kier alpha value is -1.60. The van der Waals surface area contributed by atoms with Crippen molar-refractivity contribution in [2.45, 2.75) is 9.79 Å². The van der Waals surface area contributed by atoms with Crippen molar-refractivity contribution < 1.29 is 16.8 Å². The first kappa shape index (κ1) is 18.7.